The van der Waals surface area contributed by atoms with Gasteiger partial charge < -0.3 is 18.8 Å². The monoisotopic (exact) mass is 519 g/mol. The highest BCUT2D eigenvalue weighted by atomic mass is 35.5. The Morgan fingerprint density at radius 1 is 0.973 bits per heavy atom. The second-order valence-corrected chi connectivity index (χ2v) is 9.31. The number of fused-ring (bicyclic) bond motifs is 1. The molecule has 0 spiro atoms. The molecule has 1 aliphatic rings. The SMILES string of the molecule is Cc1nn(Cc2ccccc2)c(Cl)c1C(=O)OCC(=O)c1cc(C)n(Cc2ccc3c(c2)OCO3)c1C. The first kappa shape index (κ1) is 24.6. The number of carbonyl (C=O) groups is 2. The summed E-state index contributed by atoms with van der Waals surface area (Å²) in [6.07, 6.45) is 0. The highest BCUT2D eigenvalue weighted by Crippen LogP contribution is 2.33. The van der Waals surface area contributed by atoms with Crippen LogP contribution in [0.15, 0.2) is 54.6 Å². The number of aryl methyl sites for hydroxylation is 2. The van der Waals surface area contributed by atoms with Gasteiger partial charge >= 0.3 is 5.97 Å². The first-order valence-electron chi connectivity index (χ1n) is 11.8. The number of Topliss-reactive ketones (excluding diaryl/α,β-unsaturated/α-hetero) is 1. The molecule has 0 saturated carbocycles. The molecule has 0 unspecified atom stereocenters. The summed E-state index contributed by atoms with van der Waals surface area (Å²) in [5.74, 6) is 0.473. The van der Waals surface area contributed by atoms with Crippen molar-refractivity contribution in [1.29, 1.82) is 0 Å². The topological polar surface area (TPSA) is 84.6 Å². The first-order valence-corrected chi connectivity index (χ1v) is 12.2. The minimum absolute atomic E-state index is 0.165. The minimum atomic E-state index is -0.677. The molecule has 0 atom stereocenters. The third kappa shape index (κ3) is 4.97. The van der Waals surface area contributed by atoms with Crippen LogP contribution >= 0.6 is 11.6 Å². The lowest BCUT2D eigenvalue weighted by molar-refractivity contribution is 0.0474. The zero-order chi connectivity index (χ0) is 26.1. The molecule has 3 heterocycles. The van der Waals surface area contributed by atoms with Crippen LogP contribution in [0.1, 0.15) is 48.9 Å². The van der Waals surface area contributed by atoms with E-state index in [1.807, 2.05) is 73.0 Å². The van der Waals surface area contributed by atoms with Gasteiger partial charge in [-0.1, -0.05) is 48.0 Å². The lowest BCUT2D eigenvalue weighted by Crippen LogP contribution is -2.16. The summed E-state index contributed by atoms with van der Waals surface area (Å²) in [6.45, 7) is 6.31. The van der Waals surface area contributed by atoms with Crippen LogP contribution in [0.2, 0.25) is 5.15 Å². The molecule has 37 heavy (non-hydrogen) atoms. The molecule has 2 aromatic carbocycles. The quantitative estimate of drug-likeness (QED) is 0.237. The Balaban J connectivity index is 1.26. The zero-order valence-electron chi connectivity index (χ0n) is 20.8. The number of carbonyl (C=O) groups excluding carboxylic acids is 2. The molecule has 0 saturated heterocycles. The number of hydrogen-bond acceptors (Lipinski definition) is 6. The average Bonchev–Trinajstić information content (AvgIpc) is 3.55. The minimum Gasteiger partial charge on any atom is -0.454 e. The molecule has 1 aliphatic heterocycles. The normalized spacial score (nSPS) is 12.1. The molecule has 5 rings (SSSR count). The van der Waals surface area contributed by atoms with Gasteiger partial charge in [0, 0.05) is 23.5 Å². The Labute approximate surface area is 219 Å². The number of rotatable bonds is 8. The molecule has 4 aromatic rings. The van der Waals surface area contributed by atoms with Crippen LogP contribution in [0.4, 0.5) is 0 Å². The Morgan fingerprint density at radius 3 is 2.51 bits per heavy atom. The smallest absolute Gasteiger partial charge is 0.343 e. The van der Waals surface area contributed by atoms with Crippen LogP contribution in [0, 0.1) is 20.8 Å². The molecule has 2 aromatic heterocycles. The molecule has 190 valence electrons. The van der Waals surface area contributed by atoms with Gasteiger partial charge in [-0.15, -0.1) is 0 Å². The van der Waals surface area contributed by atoms with Crippen molar-refractivity contribution < 1.29 is 23.8 Å². The predicted molar refractivity (Wildman–Crippen MR) is 138 cm³/mol. The van der Waals surface area contributed by atoms with E-state index in [0.717, 1.165) is 28.3 Å². The molecule has 0 radical (unpaired) electrons. The molecular weight excluding hydrogens is 494 g/mol. The van der Waals surface area contributed by atoms with E-state index in [1.54, 1.807) is 11.6 Å². The van der Waals surface area contributed by atoms with Gasteiger partial charge in [-0.3, -0.25) is 4.79 Å². The van der Waals surface area contributed by atoms with Gasteiger partial charge in [0.25, 0.3) is 0 Å². The van der Waals surface area contributed by atoms with Crippen LogP contribution in [-0.2, 0) is 17.8 Å². The molecule has 8 nitrogen and oxygen atoms in total. The largest absolute Gasteiger partial charge is 0.454 e. The fourth-order valence-electron chi connectivity index (χ4n) is 4.48. The Morgan fingerprint density at radius 2 is 1.73 bits per heavy atom. The second-order valence-electron chi connectivity index (χ2n) is 8.95. The van der Waals surface area contributed by atoms with Gasteiger partial charge in [0.2, 0.25) is 12.6 Å². The van der Waals surface area contributed by atoms with Crippen molar-refractivity contribution in [2.24, 2.45) is 0 Å². The van der Waals surface area contributed by atoms with Crippen LogP contribution in [0.5, 0.6) is 11.5 Å². The Bertz CT molecular complexity index is 1490. The molecule has 0 fully saturated rings. The maximum absolute atomic E-state index is 13.0. The number of ether oxygens (including phenoxy) is 3. The van der Waals surface area contributed by atoms with E-state index in [0.29, 0.717) is 30.1 Å². The number of halogens is 1. The van der Waals surface area contributed by atoms with Crippen molar-refractivity contribution in [3.63, 3.8) is 0 Å². The van der Waals surface area contributed by atoms with Crippen molar-refractivity contribution in [3.05, 3.63) is 99.1 Å². The molecule has 0 aliphatic carbocycles. The number of benzene rings is 2. The van der Waals surface area contributed by atoms with E-state index in [1.165, 1.54) is 0 Å². The lowest BCUT2D eigenvalue weighted by atomic mass is 10.1. The van der Waals surface area contributed by atoms with Gasteiger partial charge in [-0.05, 0) is 50.1 Å². The summed E-state index contributed by atoms with van der Waals surface area (Å²) in [5.41, 5.74) is 4.85. The number of ketones is 1. The number of esters is 1. The Hall–Kier alpha value is -4.04. The van der Waals surface area contributed by atoms with Crippen LogP contribution < -0.4 is 9.47 Å². The molecule has 0 N–H and O–H groups in total. The summed E-state index contributed by atoms with van der Waals surface area (Å²) < 4.78 is 19.8. The van der Waals surface area contributed by atoms with Crippen molar-refractivity contribution >= 4 is 23.4 Å². The predicted octanol–water partition coefficient (Wildman–Crippen LogP) is 5.13. The summed E-state index contributed by atoms with van der Waals surface area (Å²) in [6, 6.07) is 17.3. The molecule has 0 bridgehead atoms. The maximum Gasteiger partial charge on any atom is 0.343 e. The number of nitrogens with zero attached hydrogens (tertiary/aromatic N) is 3. The third-order valence-electron chi connectivity index (χ3n) is 6.43. The van der Waals surface area contributed by atoms with Crippen molar-refractivity contribution in [1.82, 2.24) is 14.3 Å². The van der Waals surface area contributed by atoms with E-state index < -0.39 is 12.6 Å². The average molecular weight is 520 g/mol. The van der Waals surface area contributed by atoms with Crippen LogP contribution in [0.3, 0.4) is 0 Å². The fraction of sp³-hybridized carbons (Fsp3) is 0.250. The van der Waals surface area contributed by atoms with Gasteiger partial charge in [0.1, 0.15) is 10.7 Å². The lowest BCUT2D eigenvalue weighted by Gasteiger charge is -2.11. The first-order chi connectivity index (χ1) is 17.8. The van der Waals surface area contributed by atoms with Crippen molar-refractivity contribution in [2.45, 2.75) is 33.9 Å². The van der Waals surface area contributed by atoms with Gasteiger partial charge in [0.15, 0.2) is 18.1 Å². The van der Waals surface area contributed by atoms with E-state index in [2.05, 4.69) is 5.10 Å². The standard InChI is InChI=1S/C28H26ClN3O5/c1-17-11-22(19(3)31(17)13-21-9-10-24-25(12-21)37-16-36-24)23(33)15-35-28(34)26-18(2)30-32(27(26)29)14-20-7-5-4-6-8-20/h4-12H,13-16H2,1-3H3. The maximum atomic E-state index is 13.0. The summed E-state index contributed by atoms with van der Waals surface area (Å²) in [4.78, 5) is 25.8. The van der Waals surface area contributed by atoms with E-state index in [-0.39, 0.29) is 23.3 Å². The Kier molecular flexibility index (Phi) is 6.76. The third-order valence-corrected chi connectivity index (χ3v) is 6.81. The van der Waals surface area contributed by atoms with Gasteiger partial charge in [0.05, 0.1) is 12.2 Å². The zero-order valence-corrected chi connectivity index (χ0v) is 21.5. The molecular formula is C28H26ClN3O5. The highest BCUT2D eigenvalue weighted by Gasteiger charge is 2.24. The second kappa shape index (κ2) is 10.1. The summed E-state index contributed by atoms with van der Waals surface area (Å²) in [7, 11) is 0. The molecule has 0 amide bonds. The van der Waals surface area contributed by atoms with Gasteiger partial charge in [-0.25, -0.2) is 9.48 Å². The van der Waals surface area contributed by atoms with Crippen LogP contribution in [0.25, 0.3) is 0 Å². The fourth-order valence-corrected chi connectivity index (χ4v) is 4.79. The summed E-state index contributed by atoms with van der Waals surface area (Å²) in [5, 5.41) is 4.56. The molecule has 9 heteroatoms. The van der Waals surface area contributed by atoms with E-state index in [9.17, 15) is 9.59 Å². The van der Waals surface area contributed by atoms with E-state index in [4.69, 9.17) is 25.8 Å². The van der Waals surface area contributed by atoms with Crippen LogP contribution in [-0.4, -0.2) is 39.5 Å². The van der Waals surface area contributed by atoms with Gasteiger partial charge in [-0.2, -0.15) is 5.10 Å². The van der Waals surface area contributed by atoms with E-state index >= 15 is 0 Å². The van der Waals surface area contributed by atoms with Crippen molar-refractivity contribution in [3.8, 4) is 11.5 Å². The highest BCUT2D eigenvalue weighted by molar-refractivity contribution is 6.32. The van der Waals surface area contributed by atoms with Crippen molar-refractivity contribution in [2.75, 3.05) is 13.4 Å². The number of aromatic nitrogens is 3. The summed E-state index contributed by atoms with van der Waals surface area (Å²) >= 11 is 6.46. The number of hydrogen-bond donors (Lipinski definition) is 0.